The number of aromatic nitrogens is 2. The summed E-state index contributed by atoms with van der Waals surface area (Å²) in [5, 5.41) is 13.5. The zero-order valence-electron chi connectivity index (χ0n) is 15.6. The van der Waals surface area contributed by atoms with Crippen molar-refractivity contribution in [1.29, 1.82) is 0 Å². The van der Waals surface area contributed by atoms with Gasteiger partial charge in [0.2, 0.25) is 11.0 Å². The first kappa shape index (κ1) is 18.4. The second-order valence-corrected chi connectivity index (χ2v) is 8.49. The van der Waals surface area contributed by atoms with E-state index in [-0.39, 0.29) is 5.91 Å². The van der Waals surface area contributed by atoms with E-state index in [1.807, 2.05) is 0 Å². The third-order valence-electron chi connectivity index (χ3n) is 5.38. The lowest BCUT2D eigenvalue weighted by atomic mass is 10.2. The van der Waals surface area contributed by atoms with Gasteiger partial charge in [0.1, 0.15) is 5.01 Å². The van der Waals surface area contributed by atoms with E-state index in [4.69, 9.17) is 0 Å². The minimum atomic E-state index is 0.0808. The van der Waals surface area contributed by atoms with E-state index in [1.165, 1.54) is 18.4 Å². The Hall–Kier alpha value is -1.99. The maximum atomic E-state index is 12.2. The highest BCUT2D eigenvalue weighted by atomic mass is 32.1. The molecule has 2 aromatic rings. The molecule has 27 heavy (non-hydrogen) atoms. The van der Waals surface area contributed by atoms with Gasteiger partial charge in [-0.3, -0.25) is 9.69 Å². The van der Waals surface area contributed by atoms with E-state index in [1.54, 1.807) is 11.3 Å². The number of nitrogens with zero attached hydrogens (tertiary/aromatic N) is 4. The number of carbonyl (C=O) groups is 1. The van der Waals surface area contributed by atoms with Gasteiger partial charge >= 0.3 is 0 Å². The van der Waals surface area contributed by atoms with E-state index in [0.717, 1.165) is 55.7 Å². The Labute approximate surface area is 164 Å². The van der Waals surface area contributed by atoms with Gasteiger partial charge in [0.05, 0.1) is 6.42 Å². The summed E-state index contributed by atoms with van der Waals surface area (Å²) in [6.45, 7) is 4.95. The van der Waals surface area contributed by atoms with Gasteiger partial charge in [-0.1, -0.05) is 54.5 Å². The molecule has 1 saturated heterocycles. The average molecular weight is 386 g/mol. The summed E-state index contributed by atoms with van der Waals surface area (Å²) in [6.07, 6.45) is 5.02. The van der Waals surface area contributed by atoms with Crippen LogP contribution in [0.4, 0.5) is 5.13 Å². The molecule has 1 aromatic heterocycles. The predicted molar refractivity (Wildman–Crippen MR) is 108 cm³/mol. The summed E-state index contributed by atoms with van der Waals surface area (Å²) < 4.78 is 0. The first-order valence-electron chi connectivity index (χ1n) is 9.89. The topological polar surface area (TPSA) is 61.4 Å². The van der Waals surface area contributed by atoms with Gasteiger partial charge in [0.25, 0.3) is 0 Å². The molecule has 1 N–H and O–H groups in total. The first-order chi connectivity index (χ1) is 13.3. The highest BCUT2D eigenvalue weighted by Crippen LogP contribution is 2.23. The van der Waals surface area contributed by atoms with Crippen LogP contribution in [0.15, 0.2) is 30.3 Å². The van der Waals surface area contributed by atoms with Crippen LogP contribution in [-0.4, -0.2) is 53.2 Å². The lowest BCUT2D eigenvalue weighted by Gasteiger charge is -2.34. The highest BCUT2D eigenvalue weighted by Gasteiger charge is 2.22. The van der Waals surface area contributed by atoms with Crippen LogP contribution in [0.5, 0.6) is 0 Å². The Balaban J connectivity index is 1.25. The van der Waals surface area contributed by atoms with Crippen molar-refractivity contribution in [1.82, 2.24) is 20.4 Å². The van der Waals surface area contributed by atoms with Crippen LogP contribution >= 0.6 is 11.3 Å². The molecular formula is C20H27N5OS. The van der Waals surface area contributed by atoms with Crippen LogP contribution in [0.25, 0.3) is 0 Å². The molecule has 0 radical (unpaired) electrons. The summed E-state index contributed by atoms with van der Waals surface area (Å²) in [5.74, 6) is 0.0808. The van der Waals surface area contributed by atoms with Crippen LogP contribution in [-0.2, 0) is 17.8 Å². The largest absolute Gasteiger partial charge is 0.353 e. The third-order valence-corrected chi connectivity index (χ3v) is 6.36. The van der Waals surface area contributed by atoms with Gasteiger partial charge in [-0.25, -0.2) is 0 Å². The lowest BCUT2D eigenvalue weighted by Crippen LogP contribution is -2.45. The number of hydrogen-bond acceptors (Lipinski definition) is 6. The van der Waals surface area contributed by atoms with Crippen molar-refractivity contribution in [3.8, 4) is 0 Å². The Bertz CT molecular complexity index is 736. The van der Waals surface area contributed by atoms with Gasteiger partial charge in [-0.2, -0.15) is 0 Å². The van der Waals surface area contributed by atoms with Gasteiger partial charge in [0.15, 0.2) is 0 Å². The van der Waals surface area contributed by atoms with Crippen LogP contribution in [0.2, 0.25) is 0 Å². The number of benzene rings is 1. The molecule has 144 valence electrons. The second-order valence-electron chi connectivity index (χ2n) is 7.45. The third kappa shape index (κ3) is 5.05. The molecule has 0 bridgehead atoms. The number of hydrogen-bond donors (Lipinski definition) is 1. The maximum absolute atomic E-state index is 12.2. The monoisotopic (exact) mass is 385 g/mol. The molecule has 7 heteroatoms. The molecular weight excluding hydrogens is 358 g/mol. The SMILES string of the molecule is O=C(Cc1nnc(N2CCN(Cc3ccccc3)CC2)s1)NC1CCCC1. The summed E-state index contributed by atoms with van der Waals surface area (Å²) >= 11 is 1.56. The maximum Gasteiger partial charge on any atom is 0.227 e. The van der Waals surface area contributed by atoms with Crippen LogP contribution in [0, 0.1) is 0 Å². The molecule has 0 unspecified atom stereocenters. The predicted octanol–water partition coefficient (Wildman–Crippen LogP) is 2.46. The van der Waals surface area contributed by atoms with Crippen molar-refractivity contribution in [3.63, 3.8) is 0 Å². The van der Waals surface area contributed by atoms with Gasteiger partial charge < -0.3 is 10.2 Å². The first-order valence-corrected chi connectivity index (χ1v) is 10.7. The van der Waals surface area contributed by atoms with Gasteiger partial charge in [0, 0.05) is 38.8 Å². The molecule has 1 aliphatic heterocycles. The standard InChI is InChI=1S/C20H27N5OS/c26-18(21-17-8-4-5-9-17)14-19-22-23-20(27-19)25-12-10-24(11-13-25)15-16-6-2-1-3-7-16/h1-3,6-7,17H,4-5,8-15H2,(H,21,26). The second kappa shape index (κ2) is 8.80. The molecule has 1 saturated carbocycles. The molecule has 1 aromatic carbocycles. The quantitative estimate of drug-likeness (QED) is 0.828. The zero-order chi connectivity index (χ0) is 18.5. The molecule has 2 aliphatic rings. The fourth-order valence-corrected chi connectivity index (χ4v) is 4.76. The summed E-state index contributed by atoms with van der Waals surface area (Å²) in [4.78, 5) is 16.9. The molecule has 0 atom stereocenters. The molecule has 0 spiro atoms. The summed E-state index contributed by atoms with van der Waals surface area (Å²) in [5.41, 5.74) is 1.36. The van der Waals surface area contributed by atoms with E-state index in [0.29, 0.717) is 12.5 Å². The number of nitrogens with one attached hydrogen (secondary N) is 1. The number of rotatable bonds is 6. The summed E-state index contributed by atoms with van der Waals surface area (Å²) in [7, 11) is 0. The van der Waals surface area contributed by atoms with E-state index < -0.39 is 0 Å². The minimum absolute atomic E-state index is 0.0808. The molecule has 2 fully saturated rings. The number of piperazine rings is 1. The van der Waals surface area contributed by atoms with Crippen LogP contribution < -0.4 is 10.2 Å². The Kier molecular flexibility index (Phi) is 5.99. The molecule has 6 nitrogen and oxygen atoms in total. The van der Waals surface area contributed by atoms with Crippen molar-refractivity contribution in [2.24, 2.45) is 0 Å². The highest BCUT2D eigenvalue weighted by molar-refractivity contribution is 7.15. The molecule has 4 rings (SSSR count). The smallest absolute Gasteiger partial charge is 0.227 e. The van der Waals surface area contributed by atoms with Crippen molar-refractivity contribution in [2.45, 2.75) is 44.7 Å². The van der Waals surface area contributed by atoms with Gasteiger partial charge in [-0.05, 0) is 18.4 Å². The van der Waals surface area contributed by atoms with Crippen molar-refractivity contribution < 1.29 is 4.79 Å². The minimum Gasteiger partial charge on any atom is -0.353 e. The Morgan fingerprint density at radius 2 is 1.81 bits per heavy atom. The normalized spacial score (nSPS) is 18.7. The number of amides is 1. The Morgan fingerprint density at radius 1 is 1.07 bits per heavy atom. The fraction of sp³-hybridized carbons (Fsp3) is 0.550. The van der Waals surface area contributed by atoms with Crippen LogP contribution in [0.3, 0.4) is 0 Å². The molecule has 1 aliphatic carbocycles. The average Bonchev–Trinajstić information content (AvgIpc) is 3.35. The van der Waals surface area contributed by atoms with Gasteiger partial charge in [-0.15, -0.1) is 10.2 Å². The van der Waals surface area contributed by atoms with E-state index in [2.05, 4.69) is 55.6 Å². The van der Waals surface area contributed by atoms with Crippen molar-refractivity contribution in [2.75, 3.05) is 31.1 Å². The Morgan fingerprint density at radius 3 is 2.56 bits per heavy atom. The summed E-state index contributed by atoms with van der Waals surface area (Å²) in [6, 6.07) is 11.0. The van der Waals surface area contributed by atoms with E-state index in [9.17, 15) is 4.79 Å². The number of carbonyl (C=O) groups excluding carboxylic acids is 1. The lowest BCUT2D eigenvalue weighted by molar-refractivity contribution is -0.121. The van der Waals surface area contributed by atoms with E-state index >= 15 is 0 Å². The molecule has 2 heterocycles. The van der Waals surface area contributed by atoms with Crippen LogP contribution in [0.1, 0.15) is 36.3 Å². The zero-order valence-corrected chi connectivity index (χ0v) is 16.5. The van der Waals surface area contributed by atoms with Crippen molar-refractivity contribution >= 4 is 22.4 Å². The molecule has 1 amide bonds. The van der Waals surface area contributed by atoms with Crippen molar-refractivity contribution in [3.05, 3.63) is 40.9 Å². The fourth-order valence-electron chi connectivity index (χ4n) is 3.87. The number of anilines is 1.